The van der Waals surface area contributed by atoms with Gasteiger partial charge in [0.05, 0.1) is 0 Å². The van der Waals surface area contributed by atoms with E-state index >= 15 is 0 Å². The van der Waals surface area contributed by atoms with Crippen molar-refractivity contribution in [3.05, 3.63) is 71.0 Å². The molecule has 1 amide bonds. The van der Waals surface area contributed by atoms with Crippen LogP contribution in [0.3, 0.4) is 0 Å². The summed E-state index contributed by atoms with van der Waals surface area (Å²) in [5.41, 5.74) is 2.20. The van der Waals surface area contributed by atoms with Gasteiger partial charge in [-0.3, -0.25) is 4.79 Å². The van der Waals surface area contributed by atoms with Crippen LogP contribution in [0.15, 0.2) is 48.5 Å². The summed E-state index contributed by atoms with van der Waals surface area (Å²) < 4.78 is 13.4. The molecular weight excluding hydrogens is 321 g/mol. The third-order valence-corrected chi connectivity index (χ3v) is 3.65. The minimum absolute atomic E-state index is 0.128. The number of nitrogens with one attached hydrogen (secondary N) is 1. The number of hydrogen-bond acceptors (Lipinski definition) is 1. The van der Waals surface area contributed by atoms with Crippen molar-refractivity contribution in [3.63, 3.8) is 0 Å². The Morgan fingerprint density at radius 3 is 2.40 bits per heavy atom. The third kappa shape index (κ3) is 3.67. The van der Waals surface area contributed by atoms with E-state index in [2.05, 4.69) is 21.2 Å². The highest BCUT2D eigenvalue weighted by molar-refractivity contribution is 9.08. The molecular formula is C16H15BrFNO. The van der Waals surface area contributed by atoms with Gasteiger partial charge in [-0.05, 0) is 29.7 Å². The first kappa shape index (κ1) is 14.7. The maximum atomic E-state index is 13.4. The topological polar surface area (TPSA) is 29.1 Å². The predicted octanol–water partition coefficient (Wildman–Crippen LogP) is 3.69. The maximum absolute atomic E-state index is 13.4. The molecule has 0 bridgehead atoms. The largest absolute Gasteiger partial charge is 0.352 e. The van der Waals surface area contributed by atoms with Gasteiger partial charge in [0.15, 0.2) is 0 Å². The summed E-state index contributed by atoms with van der Waals surface area (Å²) in [5.74, 6) is -0.362. The molecule has 2 nitrogen and oxygen atoms in total. The van der Waals surface area contributed by atoms with E-state index in [0.29, 0.717) is 29.4 Å². The summed E-state index contributed by atoms with van der Waals surface area (Å²) in [5, 5.41) is 3.45. The second-order valence-corrected chi connectivity index (χ2v) is 4.95. The van der Waals surface area contributed by atoms with Crippen LogP contribution in [-0.4, -0.2) is 12.5 Å². The van der Waals surface area contributed by atoms with Crippen LogP contribution in [0, 0.1) is 5.82 Å². The van der Waals surface area contributed by atoms with Crippen molar-refractivity contribution in [1.29, 1.82) is 0 Å². The van der Waals surface area contributed by atoms with Crippen molar-refractivity contribution in [3.8, 4) is 0 Å². The van der Waals surface area contributed by atoms with E-state index in [4.69, 9.17) is 0 Å². The molecule has 2 rings (SSSR count). The molecule has 0 heterocycles. The first-order valence-electron chi connectivity index (χ1n) is 6.38. The average Bonchev–Trinajstić information content (AvgIpc) is 2.49. The molecule has 0 atom stereocenters. The molecule has 0 aliphatic rings. The quantitative estimate of drug-likeness (QED) is 0.829. The number of carbonyl (C=O) groups is 1. The highest BCUT2D eigenvalue weighted by atomic mass is 79.9. The number of carbonyl (C=O) groups excluding carboxylic acids is 1. The number of halogens is 2. The fraction of sp³-hybridized carbons (Fsp3) is 0.188. The van der Waals surface area contributed by atoms with Gasteiger partial charge in [0.1, 0.15) is 5.82 Å². The zero-order valence-electron chi connectivity index (χ0n) is 10.9. The highest BCUT2D eigenvalue weighted by Crippen LogP contribution is 2.12. The molecule has 0 unspecified atom stereocenters. The van der Waals surface area contributed by atoms with Crippen LogP contribution in [-0.2, 0) is 11.8 Å². The Morgan fingerprint density at radius 2 is 1.70 bits per heavy atom. The van der Waals surface area contributed by atoms with Gasteiger partial charge in [0.25, 0.3) is 5.91 Å². The van der Waals surface area contributed by atoms with Gasteiger partial charge < -0.3 is 5.32 Å². The van der Waals surface area contributed by atoms with Crippen LogP contribution in [0.2, 0.25) is 0 Å². The standard InChI is InChI=1S/C16H15BrFNO/c17-11-13-6-1-3-7-14(13)16(20)19-10-9-12-5-2-4-8-15(12)18/h1-8H,9-11H2,(H,19,20). The number of amides is 1. The molecule has 0 aromatic heterocycles. The SMILES string of the molecule is O=C(NCCc1ccccc1F)c1ccccc1CBr. The second-order valence-electron chi connectivity index (χ2n) is 4.39. The van der Waals surface area contributed by atoms with Gasteiger partial charge in [-0.1, -0.05) is 52.3 Å². The van der Waals surface area contributed by atoms with Gasteiger partial charge in [0.2, 0.25) is 0 Å². The summed E-state index contributed by atoms with van der Waals surface area (Å²) >= 11 is 3.36. The molecule has 0 saturated carbocycles. The molecule has 20 heavy (non-hydrogen) atoms. The lowest BCUT2D eigenvalue weighted by Crippen LogP contribution is -2.26. The molecule has 2 aromatic carbocycles. The molecule has 0 aliphatic carbocycles. The van der Waals surface area contributed by atoms with Crippen molar-refractivity contribution in [2.45, 2.75) is 11.8 Å². The first-order chi connectivity index (χ1) is 9.72. The lowest BCUT2D eigenvalue weighted by atomic mass is 10.1. The lowest BCUT2D eigenvalue weighted by Gasteiger charge is -2.09. The Kier molecular flexibility index (Phi) is 5.30. The lowest BCUT2D eigenvalue weighted by molar-refractivity contribution is 0.0953. The van der Waals surface area contributed by atoms with Crippen LogP contribution in [0.5, 0.6) is 0 Å². The number of rotatable bonds is 5. The Hall–Kier alpha value is -1.68. The van der Waals surface area contributed by atoms with Crippen molar-refractivity contribution in [2.75, 3.05) is 6.54 Å². The summed E-state index contributed by atoms with van der Waals surface area (Å²) in [7, 11) is 0. The van der Waals surface area contributed by atoms with E-state index in [1.165, 1.54) is 6.07 Å². The Balaban J connectivity index is 1.94. The van der Waals surface area contributed by atoms with Crippen LogP contribution in [0.25, 0.3) is 0 Å². The molecule has 2 aromatic rings. The number of benzene rings is 2. The molecule has 0 fully saturated rings. The Labute approximate surface area is 126 Å². The van der Waals surface area contributed by atoms with Crippen LogP contribution < -0.4 is 5.32 Å². The predicted molar refractivity (Wildman–Crippen MR) is 81.5 cm³/mol. The van der Waals surface area contributed by atoms with E-state index < -0.39 is 0 Å². The van der Waals surface area contributed by atoms with Crippen LogP contribution >= 0.6 is 15.9 Å². The summed E-state index contributed by atoms with van der Waals surface area (Å²) in [6, 6.07) is 14.0. The van der Waals surface area contributed by atoms with Crippen molar-refractivity contribution in [2.24, 2.45) is 0 Å². The van der Waals surface area contributed by atoms with Crippen molar-refractivity contribution in [1.82, 2.24) is 5.32 Å². The minimum Gasteiger partial charge on any atom is -0.352 e. The maximum Gasteiger partial charge on any atom is 0.251 e. The van der Waals surface area contributed by atoms with E-state index in [9.17, 15) is 9.18 Å². The minimum atomic E-state index is -0.234. The monoisotopic (exact) mass is 335 g/mol. The first-order valence-corrected chi connectivity index (χ1v) is 7.50. The normalized spacial score (nSPS) is 10.3. The number of hydrogen-bond donors (Lipinski definition) is 1. The van der Waals surface area contributed by atoms with Gasteiger partial charge in [-0.25, -0.2) is 4.39 Å². The van der Waals surface area contributed by atoms with Gasteiger partial charge in [-0.15, -0.1) is 0 Å². The van der Waals surface area contributed by atoms with Crippen LogP contribution in [0.1, 0.15) is 21.5 Å². The molecule has 1 N–H and O–H groups in total. The molecule has 4 heteroatoms. The zero-order chi connectivity index (χ0) is 14.4. The fourth-order valence-corrected chi connectivity index (χ4v) is 2.45. The highest BCUT2D eigenvalue weighted by Gasteiger charge is 2.09. The smallest absolute Gasteiger partial charge is 0.251 e. The van der Waals surface area contributed by atoms with E-state index in [0.717, 1.165) is 5.56 Å². The molecule has 0 radical (unpaired) electrons. The summed E-state index contributed by atoms with van der Waals surface area (Å²) in [4.78, 5) is 12.1. The van der Waals surface area contributed by atoms with Gasteiger partial charge in [0, 0.05) is 17.4 Å². The van der Waals surface area contributed by atoms with Crippen LogP contribution in [0.4, 0.5) is 4.39 Å². The van der Waals surface area contributed by atoms with Gasteiger partial charge >= 0.3 is 0 Å². The Morgan fingerprint density at radius 1 is 1.05 bits per heavy atom. The van der Waals surface area contributed by atoms with Gasteiger partial charge in [-0.2, -0.15) is 0 Å². The molecule has 0 spiro atoms. The van der Waals surface area contributed by atoms with E-state index in [1.807, 2.05) is 18.2 Å². The average molecular weight is 336 g/mol. The molecule has 104 valence electrons. The summed E-state index contributed by atoms with van der Waals surface area (Å²) in [6.45, 7) is 0.413. The second kappa shape index (κ2) is 7.20. The van der Waals surface area contributed by atoms with Crippen molar-refractivity contribution < 1.29 is 9.18 Å². The summed E-state index contributed by atoms with van der Waals surface area (Å²) in [6.07, 6.45) is 0.481. The van der Waals surface area contributed by atoms with E-state index in [-0.39, 0.29) is 11.7 Å². The third-order valence-electron chi connectivity index (χ3n) is 3.04. The zero-order valence-corrected chi connectivity index (χ0v) is 12.5. The Bertz CT molecular complexity index is 601. The molecule has 0 aliphatic heterocycles. The molecule has 0 saturated heterocycles. The van der Waals surface area contributed by atoms with Crippen molar-refractivity contribution >= 4 is 21.8 Å². The van der Waals surface area contributed by atoms with E-state index in [1.54, 1.807) is 24.3 Å². The number of alkyl halides is 1. The fourth-order valence-electron chi connectivity index (χ4n) is 1.97.